The zero-order chi connectivity index (χ0) is 20.5. The maximum absolute atomic E-state index is 14.4. The van der Waals surface area contributed by atoms with E-state index in [2.05, 4.69) is 4.90 Å². The number of hydrogen-bond acceptors (Lipinski definition) is 5. The summed E-state index contributed by atoms with van der Waals surface area (Å²) in [6, 6.07) is 10.4. The van der Waals surface area contributed by atoms with Gasteiger partial charge in [0.05, 0.1) is 35.2 Å². The Bertz CT molecular complexity index is 960. The molecule has 0 unspecified atom stereocenters. The first-order valence-electron chi connectivity index (χ1n) is 9.54. The fourth-order valence-corrected chi connectivity index (χ4v) is 4.05. The second kappa shape index (κ2) is 8.00. The van der Waals surface area contributed by atoms with Crippen molar-refractivity contribution in [2.75, 3.05) is 49.3 Å². The predicted octanol–water partition coefficient (Wildman–Crippen LogP) is 3.19. The maximum atomic E-state index is 14.4. The van der Waals surface area contributed by atoms with Gasteiger partial charge in [0, 0.05) is 26.2 Å². The quantitative estimate of drug-likeness (QED) is 0.699. The van der Waals surface area contributed by atoms with Crippen molar-refractivity contribution >= 4 is 34.7 Å². The Morgan fingerprint density at radius 2 is 1.79 bits per heavy atom. The number of amides is 1. The molecule has 1 amide bonds. The van der Waals surface area contributed by atoms with Crippen molar-refractivity contribution in [1.82, 2.24) is 4.90 Å². The summed E-state index contributed by atoms with van der Waals surface area (Å²) in [4.78, 5) is 30.2. The van der Waals surface area contributed by atoms with E-state index in [-0.39, 0.29) is 22.9 Å². The number of rotatable bonds is 5. The number of halogens is 2. The molecular weight excluding hydrogens is 397 g/mol. The second-order valence-electron chi connectivity index (χ2n) is 6.96. The Kier molecular flexibility index (Phi) is 5.43. The van der Waals surface area contributed by atoms with Gasteiger partial charge in [-0.2, -0.15) is 0 Å². The summed E-state index contributed by atoms with van der Waals surface area (Å²) in [5, 5.41) is 0.0969. The van der Waals surface area contributed by atoms with Crippen molar-refractivity contribution in [3.63, 3.8) is 0 Å². The molecule has 0 atom stereocenters. The van der Waals surface area contributed by atoms with Gasteiger partial charge >= 0.3 is 5.91 Å². The average molecular weight is 418 g/mol. The fraction of sp³-hybridized carbons (Fsp3) is 0.333. The van der Waals surface area contributed by atoms with E-state index in [1.54, 1.807) is 0 Å². The highest BCUT2D eigenvalue weighted by molar-refractivity contribution is 6.55. The normalized spacial score (nSPS) is 17.1. The van der Waals surface area contributed by atoms with Gasteiger partial charge in [-0.15, -0.1) is 0 Å². The van der Waals surface area contributed by atoms with Gasteiger partial charge in [-0.05, 0) is 31.2 Å². The average Bonchev–Trinajstić information content (AvgIpc) is 2.98. The molecule has 2 aromatic rings. The molecule has 1 saturated heterocycles. The molecule has 6 nitrogen and oxygen atoms in total. The molecule has 4 rings (SSSR count). The first-order chi connectivity index (χ1) is 14.0. The highest BCUT2D eigenvalue weighted by Gasteiger charge is 2.40. The maximum Gasteiger partial charge on any atom is 0.300 e. The Morgan fingerprint density at radius 3 is 2.52 bits per heavy atom. The van der Waals surface area contributed by atoms with Crippen molar-refractivity contribution in [3.05, 3.63) is 52.8 Å². The van der Waals surface area contributed by atoms with E-state index in [4.69, 9.17) is 16.3 Å². The molecule has 0 bridgehead atoms. The molecule has 0 N–H and O–H groups in total. The Morgan fingerprint density at radius 1 is 1.07 bits per heavy atom. The van der Waals surface area contributed by atoms with Crippen molar-refractivity contribution in [1.29, 1.82) is 0 Å². The van der Waals surface area contributed by atoms with Crippen molar-refractivity contribution < 1.29 is 18.7 Å². The van der Waals surface area contributed by atoms with Gasteiger partial charge in [-0.3, -0.25) is 19.4 Å². The lowest BCUT2D eigenvalue weighted by atomic mass is 10.1. The van der Waals surface area contributed by atoms with E-state index in [1.165, 1.54) is 17.0 Å². The summed E-state index contributed by atoms with van der Waals surface area (Å²) in [6.45, 7) is 5.47. The minimum atomic E-state index is -0.756. The number of carbonyl (C=O) groups is 2. The number of piperazine rings is 1. The summed E-state index contributed by atoms with van der Waals surface area (Å²) in [7, 11) is 0. The molecule has 2 aliphatic heterocycles. The van der Waals surface area contributed by atoms with Crippen molar-refractivity contribution in [2.24, 2.45) is 0 Å². The number of benzene rings is 2. The smallest absolute Gasteiger partial charge is 0.300 e. The SMILES string of the molecule is CCOc1ccccc1N1CCN(CN2C(=O)C(=O)c3c(Cl)ccc(F)c32)CC1. The molecule has 0 aromatic heterocycles. The number of para-hydroxylation sites is 2. The summed E-state index contributed by atoms with van der Waals surface area (Å²) in [6.07, 6.45) is 0. The topological polar surface area (TPSA) is 53.1 Å². The highest BCUT2D eigenvalue weighted by Crippen LogP contribution is 2.37. The Balaban J connectivity index is 1.47. The number of ketones is 1. The minimum absolute atomic E-state index is 0.0170. The lowest BCUT2D eigenvalue weighted by molar-refractivity contribution is -0.114. The van der Waals surface area contributed by atoms with Gasteiger partial charge in [0.15, 0.2) is 0 Å². The second-order valence-corrected chi connectivity index (χ2v) is 7.37. The summed E-state index contributed by atoms with van der Waals surface area (Å²) >= 11 is 6.04. The molecule has 0 saturated carbocycles. The molecule has 0 radical (unpaired) electrons. The van der Waals surface area contributed by atoms with E-state index in [0.29, 0.717) is 19.7 Å². The van der Waals surface area contributed by atoms with Crippen LogP contribution in [0.1, 0.15) is 17.3 Å². The monoisotopic (exact) mass is 417 g/mol. The molecule has 0 aliphatic carbocycles. The minimum Gasteiger partial charge on any atom is -0.492 e. The van der Waals surface area contributed by atoms with Crippen LogP contribution >= 0.6 is 11.6 Å². The van der Waals surface area contributed by atoms with Crippen LogP contribution in [0.5, 0.6) is 5.75 Å². The van der Waals surface area contributed by atoms with Crippen LogP contribution in [0.2, 0.25) is 5.02 Å². The molecule has 152 valence electrons. The van der Waals surface area contributed by atoms with E-state index in [0.717, 1.165) is 24.5 Å². The molecule has 2 aromatic carbocycles. The van der Waals surface area contributed by atoms with Crippen LogP contribution in [0.15, 0.2) is 36.4 Å². The van der Waals surface area contributed by atoms with Crippen LogP contribution in [0.4, 0.5) is 15.8 Å². The largest absolute Gasteiger partial charge is 0.492 e. The van der Waals surface area contributed by atoms with E-state index < -0.39 is 17.5 Å². The number of nitrogens with zero attached hydrogens (tertiary/aromatic N) is 3. The van der Waals surface area contributed by atoms with Gasteiger partial charge in [-0.25, -0.2) is 4.39 Å². The number of anilines is 2. The summed E-state index contributed by atoms with van der Waals surface area (Å²) in [5.74, 6) is -1.27. The first-order valence-corrected chi connectivity index (χ1v) is 9.92. The molecule has 0 spiro atoms. The van der Waals surface area contributed by atoms with Gasteiger partial charge in [0.1, 0.15) is 11.6 Å². The Hall–Kier alpha value is -2.64. The molecular formula is C21H21ClFN3O3. The van der Waals surface area contributed by atoms with Gasteiger partial charge in [0.25, 0.3) is 5.78 Å². The van der Waals surface area contributed by atoms with Crippen LogP contribution in [0, 0.1) is 5.82 Å². The molecule has 2 aliphatic rings. The molecule has 1 fully saturated rings. The van der Waals surface area contributed by atoms with E-state index >= 15 is 0 Å². The van der Waals surface area contributed by atoms with Crippen molar-refractivity contribution in [2.45, 2.75) is 6.92 Å². The van der Waals surface area contributed by atoms with Crippen LogP contribution < -0.4 is 14.5 Å². The third-order valence-electron chi connectivity index (χ3n) is 5.23. The lowest BCUT2D eigenvalue weighted by Crippen LogP contribution is -2.51. The van der Waals surface area contributed by atoms with Gasteiger partial charge < -0.3 is 9.64 Å². The number of ether oxygens (including phenoxy) is 1. The van der Waals surface area contributed by atoms with Crippen LogP contribution in [-0.4, -0.2) is 56.0 Å². The standard InChI is InChI=1S/C21H21ClFN3O3/c1-2-29-17-6-4-3-5-16(17)25-11-9-24(10-12-25)13-26-19-15(23)8-7-14(22)18(19)20(27)21(26)28/h3-8H,2,9-13H2,1H3. The zero-order valence-electron chi connectivity index (χ0n) is 16.0. The first kappa shape index (κ1) is 19.7. The number of Topliss-reactive ketones (excluding diaryl/α,β-unsaturated/α-hetero) is 1. The van der Waals surface area contributed by atoms with Crippen LogP contribution in [0.3, 0.4) is 0 Å². The zero-order valence-corrected chi connectivity index (χ0v) is 16.8. The van der Waals surface area contributed by atoms with E-state index in [1.807, 2.05) is 36.1 Å². The predicted molar refractivity (Wildman–Crippen MR) is 109 cm³/mol. The van der Waals surface area contributed by atoms with Gasteiger partial charge in [-0.1, -0.05) is 23.7 Å². The number of hydrogen-bond donors (Lipinski definition) is 0. The summed E-state index contributed by atoms with van der Waals surface area (Å²) in [5.41, 5.74) is 0.974. The number of fused-ring (bicyclic) bond motifs is 1. The van der Waals surface area contributed by atoms with Crippen molar-refractivity contribution in [3.8, 4) is 5.75 Å². The van der Waals surface area contributed by atoms with Gasteiger partial charge in [0.2, 0.25) is 0 Å². The van der Waals surface area contributed by atoms with Crippen LogP contribution in [0.25, 0.3) is 0 Å². The lowest BCUT2D eigenvalue weighted by Gasteiger charge is -2.38. The fourth-order valence-electron chi connectivity index (χ4n) is 3.81. The summed E-state index contributed by atoms with van der Waals surface area (Å²) < 4.78 is 20.1. The molecule has 29 heavy (non-hydrogen) atoms. The Labute approximate surface area is 173 Å². The molecule has 8 heteroatoms. The number of carbonyl (C=O) groups excluding carboxylic acids is 2. The third kappa shape index (κ3) is 3.56. The third-order valence-corrected chi connectivity index (χ3v) is 5.55. The van der Waals surface area contributed by atoms with Crippen LogP contribution in [-0.2, 0) is 4.79 Å². The van der Waals surface area contributed by atoms with E-state index in [9.17, 15) is 14.0 Å². The highest BCUT2D eigenvalue weighted by atomic mass is 35.5. The molecule has 2 heterocycles.